The molecule has 0 spiro atoms. The minimum absolute atomic E-state index is 0.429. The van der Waals surface area contributed by atoms with Crippen molar-refractivity contribution in [3.8, 4) is 22.3 Å². The molecule has 0 aliphatic heterocycles. The van der Waals surface area contributed by atoms with Crippen LogP contribution in [0, 0.1) is 0 Å². The van der Waals surface area contributed by atoms with Crippen molar-refractivity contribution in [2.45, 2.75) is 6.17 Å². The second-order valence-electron chi connectivity index (χ2n) is 6.87. The fourth-order valence-electron chi connectivity index (χ4n) is 3.21. The lowest BCUT2D eigenvalue weighted by Gasteiger charge is -2.11. The normalized spacial score (nSPS) is 12.7. The van der Waals surface area contributed by atoms with Crippen molar-refractivity contribution in [3.05, 3.63) is 108 Å². The lowest BCUT2D eigenvalue weighted by atomic mass is 9.95. The third-order valence-electron chi connectivity index (χ3n) is 4.80. The van der Waals surface area contributed by atoms with Crippen LogP contribution in [-0.4, -0.2) is 12.8 Å². The van der Waals surface area contributed by atoms with Gasteiger partial charge >= 0.3 is 0 Å². The number of nitrogens with two attached hydrogens (primary N) is 1. The molecular weight excluding hydrogens is 341 g/mol. The average molecular weight is 363 g/mol. The number of aromatic nitrogens is 1. The van der Waals surface area contributed by atoms with Gasteiger partial charge in [0.1, 0.15) is 19.5 Å². The Morgan fingerprint density at radius 3 is 2.00 bits per heavy atom. The standard InChI is InChI=1S/C24H22BN3/c25-21-13-11-19(12-14-21)23(26)28-24-22(18-9-5-2-6-10-18)15-20(16-27-24)17-7-3-1-4-8-17/h1-16,23H,25-26H2,(H,27,28). The van der Waals surface area contributed by atoms with Gasteiger partial charge in [-0.2, -0.15) is 0 Å². The third kappa shape index (κ3) is 3.97. The molecule has 1 aromatic heterocycles. The fourth-order valence-corrected chi connectivity index (χ4v) is 3.21. The molecule has 4 rings (SSSR count). The zero-order valence-corrected chi connectivity index (χ0v) is 15.8. The molecule has 4 heteroatoms. The summed E-state index contributed by atoms with van der Waals surface area (Å²) in [7, 11) is 2.07. The monoisotopic (exact) mass is 363 g/mol. The van der Waals surface area contributed by atoms with Crippen LogP contribution < -0.4 is 16.7 Å². The first-order valence-electron chi connectivity index (χ1n) is 9.40. The van der Waals surface area contributed by atoms with Crippen LogP contribution in [0.3, 0.4) is 0 Å². The summed E-state index contributed by atoms with van der Waals surface area (Å²) in [6, 6.07) is 30.9. The summed E-state index contributed by atoms with van der Waals surface area (Å²) in [6.45, 7) is 0. The van der Waals surface area contributed by atoms with Gasteiger partial charge < -0.3 is 10.7 Å². The van der Waals surface area contributed by atoms with E-state index in [-0.39, 0.29) is 0 Å². The van der Waals surface area contributed by atoms with Crippen LogP contribution >= 0.6 is 0 Å². The Kier molecular flexibility index (Phi) is 5.22. The molecule has 0 aliphatic carbocycles. The van der Waals surface area contributed by atoms with Gasteiger partial charge in [0.15, 0.2) is 0 Å². The van der Waals surface area contributed by atoms with Gasteiger partial charge in [0.25, 0.3) is 0 Å². The van der Waals surface area contributed by atoms with Crippen LogP contribution in [0.4, 0.5) is 0 Å². The van der Waals surface area contributed by atoms with Crippen molar-refractivity contribution in [3.63, 3.8) is 0 Å². The molecule has 0 aliphatic rings. The highest BCUT2D eigenvalue weighted by Crippen LogP contribution is 2.23. The van der Waals surface area contributed by atoms with Gasteiger partial charge in [0, 0.05) is 11.8 Å². The van der Waals surface area contributed by atoms with Crippen LogP contribution in [0.5, 0.6) is 0 Å². The van der Waals surface area contributed by atoms with E-state index in [0.29, 0.717) is 0 Å². The van der Waals surface area contributed by atoms with Crippen molar-refractivity contribution in [2.75, 3.05) is 0 Å². The first kappa shape index (κ1) is 18.0. The number of hydrogen-bond donors (Lipinski definition) is 2. The van der Waals surface area contributed by atoms with Crippen LogP contribution in [0.2, 0.25) is 0 Å². The number of pyridine rings is 1. The van der Waals surface area contributed by atoms with Gasteiger partial charge in [0.2, 0.25) is 0 Å². The predicted molar refractivity (Wildman–Crippen MR) is 119 cm³/mol. The number of nitrogens with zero attached hydrogens (tertiary/aromatic N) is 1. The maximum Gasteiger partial charge on any atom is 0.139 e. The minimum atomic E-state index is -0.429. The van der Waals surface area contributed by atoms with E-state index in [1.807, 2.05) is 54.7 Å². The van der Waals surface area contributed by atoms with E-state index in [1.165, 1.54) is 5.46 Å². The summed E-state index contributed by atoms with van der Waals surface area (Å²) in [6.07, 6.45) is 1.56. The van der Waals surface area contributed by atoms with Crippen LogP contribution in [0.1, 0.15) is 11.7 Å². The van der Waals surface area contributed by atoms with E-state index in [1.54, 1.807) is 0 Å². The second kappa shape index (κ2) is 8.11. The maximum atomic E-state index is 6.39. The molecule has 3 N–H and O–H groups in total. The molecule has 1 unspecified atom stereocenters. The first-order chi connectivity index (χ1) is 13.7. The average Bonchev–Trinajstić information content (AvgIpc) is 2.75. The molecule has 3 aromatic carbocycles. The van der Waals surface area contributed by atoms with Crippen molar-refractivity contribution in [2.24, 2.45) is 10.7 Å². The number of hydrogen-bond acceptors (Lipinski definition) is 2. The second-order valence-corrected chi connectivity index (χ2v) is 6.87. The fraction of sp³-hybridized carbons (Fsp3) is 0.0417. The lowest BCUT2D eigenvalue weighted by Crippen LogP contribution is -2.18. The topological polar surface area (TPSA) is 54.2 Å². The molecule has 0 bridgehead atoms. The number of nitrogens with one attached hydrogen (secondary N) is 1. The first-order valence-corrected chi connectivity index (χ1v) is 9.40. The van der Waals surface area contributed by atoms with E-state index in [9.17, 15) is 0 Å². The van der Waals surface area contributed by atoms with E-state index >= 15 is 0 Å². The Morgan fingerprint density at radius 2 is 1.36 bits per heavy atom. The quantitative estimate of drug-likeness (QED) is 0.538. The van der Waals surface area contributed by atoms with Crippen LogP contribution in [-0.2, 0) is 0 Å². The summed E-state index contributed by atoms with van der Waals surface area (Å²) < 4.78 is 0. The maximum absolute atomic E-state index is 6.39. The van der Waals surface area contributed by atoms with Crippen molar-refractivity contribution < 1.29 is 0 Å². The lowest BCUT2D eigenvalue weighted by molar-refractivity contribution is 0.739. The van der Waals surface area contributed by atoms with E-state index in [2.05, 4.69) is 55.3 Å². The Bertz CT molecular complexity index is 1120. The molecule has 1 atom stereocenters. The molecule has 4 aromatic rings. The van der Waals surface area contributed by atoms with Gasteiger partial charge in [0.05, 0.1) is 0 Å². The van der Waals surface area contributed by atoms with Crippen LogP contribution in [0.25, 0.3) is 22.3 Å². The molecule has 3 nitrogen and oxygen atoms in total. The summed E-state index contributed by atoms with van der Waals surface area (Å²) in [5.41, 5.74) is 13.8. The Labute approximate surface area is 166 Å². The van der Waals surface area contributed by atoms with Gasteiger partial charge in [-0.25, -0.2) is 4.99 Å². The SMILES string of the molecule is Bc1ccc(C(N)/N=c2\[nH]cc(-c3ccccc3)cc2-c2ccccc2)cc1. The van der Waals surface area contributed by atoms with Crippen LogP contribution in [0.15, 0.2) is 102 Å². The van der Waals surface area contributed by atoms with Gasteiger partial charge in [-0.3, -0.25) is 0 Å². The number of H-pyrrole nitrogens is 1. The highest BCUT2D eigenvalue weighted by molar-refractivity contribution is 6.32. The molecule has 0 saturated carbocycles. The Hall–Kier alpha value is -3.37. The van der Waals surface area contributed by atoms with Gasteiger partial charge in [-0.15, -0.1) is 0 Å². The molecule has 0 radical (unpaired) electrons. The molecule has 1 heterocycles. The number of aromatic amines is 1. The van der Waals surface area contributed by atoms with Gasteiger partial charge in [-0.1, -0.05) is 90.4 Å². The predicted octanol–water partition coefficient (Wildman–Crippen LogP) is 3.17. The molecule has 0 fully saturated rings. The van der Waals surface area contributed by atoms with Crippen molar-refractivity contribution >= 4 is 13.3 Å². The Balaban J connectivity index is 1.83. The van der Waals surface area contributed by atoms with E-state index in [4.69, 9.17) is 10.7 Å². The van der Waals surface area contributed by atoms with Crippen molar-refractivity contribution in [1.82, 2.24) is 4.98 Å². The zero-order valence-electron chi connectivity index (χ0n) is 15.8. The summed E-state index contributed by atoms with van der Waals surface area (Å²) >= 11 is 0. The van der Waals surface area contributed by atoms with E-state index < -0.39 is 6.17 Å². The summed E-state index contributed by atoms with van der Waals surface area (Å²) in [5, 5.41) is 0. The third-order valence-corrected chi connectivity index (χ3v) is 4.80. The zero-order chi connectivity index (χ0) is 19.3. The molecular formula is C24H22BN3. The highest BCUT2D eigenvalue weighted by Gasteiger charge is 2.08. The summed E-state index contributed by atoms with van der Waals surface area (Å²) in [4.78, 5) is 8.16. The smallest absolute Gasteiger partial charge is 0.139 e. The van der Waals surface area contributed by atoms with Crippen molar-refractivity contribution in [1.29, 1.82) is 0 Å². The minimum Gasteiger partial charge on any atom is -0.346 e. The van der Waals surface area contributed by atoms with E-state index in [0.717, 1.165) is 33.3 Å². The summed E-state index contributed by atoms with van der Waals surface area (Å²) in [5.74, 6) is 0. The number of rotatable bonds is 4. The molecule has 136 valence electrons. The molecule has 0 saturated heterocycles. The molecule has 0 amide bonds. The highest BCUT2D eigenvalue weighted by atomic mass is 15.0. The molecule has 28 heavy (non-hydrogen) atoms. The number of benzene rings is 3. The Morgan fingerprint density at radius 1 is 0.750 bits per heavy atom. The largest absolute Gasteiger partial charge is 0.346 e. The van der Waals surface area contributed by atoms with Gasteiger partial charge in [-0.05, 0) is 28.3 Å².